The van der Waals surface area contributed by atoms with Crippen molar-refractivity contribution < 1.29 is 9.53 Å². The molecular weight excluding hydrogens is 430 g/mol. The zero-order valence-electron chi connectivity index (χ0n) is 17.4. The van der Waals surface area contributed by atoms with Gasteiger partial charge in [-0.3, -0.25) is 14.6 Å². The Morgan fingerprint density at radius 2 is 1.94 bits per heavy atom. The van der Waals surface area contributed by atoms with Crippen molar-refractivity contribution in [3.63, 3.8) is 0 Å². The Labute approximate surface area is 188 Å². The maximum atomic E-state index is 12.1. The number of nitrogens with one attached hydrogen (secondary N) is 3. The highest BCUT2D eigenvalue weighted by molar-refractivity contribution is 8.00. The molecule has 3 aromatic rings. The first-order chi connectivity index (χ1) is 15.5. The van der Waals surface area contributed by atoms with Crippen molar-refractivity contribution in [3.05, 3.63) is 86.6 Å². The van der Waals surface area contributed by atoms with Gasteiger partial charge >= 0.3 is 5.69 Å². The molecule has 1 aromatic heterocycles. The van der Waals surface area contributed by atoms with Gasteiger partial charge in [0.05, 0.1) is 18.1 Å². The third kappa shape index (κ3) is 7.24. The van der Waals surface area contributed by atoms with Crippen molar-refractivity contribution in [2.75, 3.05) is 6.61 Å². The molecule has 10 heteroatoms. The molecule has 2 aromatic carbocycles. The fraction of sp³-hybridized carbons (Fsp3) is 0.227. The number of carbonyl (C=O) groups is 1. The molecule has 0 saturated heterocycles. The summed E-state index contributed by atoms with van der Waals surface area (Å²) in [4.78, 5) is 36.8. The molecule has 1 heterocycles. The second-order valence-corrected chi connectivity index (χ2v) is 8.14. The number of H-pyrrole nitrogens is 2. The predicted molar refractivity (Wildman–Crippen MR) is 123 cm³/mol. The molecule has 1 atom stereocenters. The van der Waals surface area contributed by atoms with Gasteiger partial charge in [0, 0.05) is 0 Å². The molecule has 0 fully saturated rings. The monoisotopic (exact) mass is 453 g/mol. The molecule has 32 heavy (non-hydrogen) atoms. The Morgan fingerprint density at radius 1 is 1.19 bits per heavy atom. The molecule has 0 saturated carbocycles. The van der Waals surface area contributed by atoms with Gasteiger partial charge in [0.15, 0.2) is 5.03 Å². The van der Waals surface area contributed by atoms with E-state index in [0.717, 1.165) is 35.9 Å². The van der Waals surface area contributed by atoms with Gasteiger partial charge in [0.25, 0.3) is 11.5 Å². The number of aromatic amines is 2. The summed E-state index contributed by atoms with van der Waals surface area (Å²) in [5.41, 5.74) is 3.15. The lowest BCUT2D eigenvalue weighted by Crippen LogP contribution is -2.30. The topological polar surface area (TPSA) is 129 Å². The van der Waals surface area contributed by atoms with Crippen molar-refractivity contribution in [3.8, 4) is 5.75 Å². The van der Waals surface area contributed by atoms with E-state index in [2.05, 4.69) is 37.8 Å². The lowest BCUT2D eigenvalue weighted by molar-refractivity contribution is -0.120. The number of thioether (sulfide) groups is 1. The summed E-state index contributed by atoms with van der Waals surface area (Å²) in [6, 6.07) is 17.6. The molecule has 1 amide bonds. The van der Waals surface area contributed by atoms with Gasteiger partial charge in [0.2, 0.25) is 0 Å². The number of hydrogen-bond acceptors (Lipinski definition) is 7. The minimum atomic E-state index is -0.704. The fourth-order valence-electron chi connectivity index (χ4n) is 2.66. The van der Waals surface area contributed by atoms with Crippen molar-refractivity contribution in [2.24, 2.45) is 5.10 Å². The average molecular weight is 454 g/mol. The summed E-state index contributed by atoms with van der Waals surface area (Å²) in [5, 5.41) is 9.05. The first kappa shape index (κ1) is 23.0. The molecule has 3 rings (SSSR count). The minimum Gasteiger partial charge on any atom is -0.494 e. The van der Waals surface area contributed by atoms with Crippen LogP contribution in [0.3, 0.4) is 0 Å². The Morgan fingerprint density at radius 3 is 2.66 bits per heavy atom. The quantitative estimate of drug-likeness (QED) is 0.187. The number of aryl methyl sites for hydroxylation is 1. The summed E-state index contributed by atoms with van der Waals surface area (Å²) in [7, 11) is 0. The van der Waals surface area contributed by atoms with E-state index < -0.39 is 22.4 Å². The zero-order chi connectivity index (χ0) is 22.8. The maximum Gasteiger partial charge on any atom is 0.342 e. The SMILES string of the molecule is CC(Sc1n[nH]c(=O)[nH]c1=O)C(=O)N/N=C/c1ccc(OCCCc2ccccc2)cc1. The van der Waals surface area contributed by atoms with E-state index in [0.29, 0.717) is 6.61 Å². The van der Waals surface area contributed by atoms with Gasteiger partial charge in [-0.25, -0.2) is 15.3 Å². The van der Waals surface area contributed by atoms with Gasteiger partial charge in [-0.15, -0.1) is 0 Å². The van der Waals surface area contributed by atoms with Crippen LogP contribution in [0.2, 0.25) is 0 Å². The van der Waals surface area contributed by atoms with Gasteiger partial charge < -0.3 is 4.74 Å². The fourth-order valence-corrected chi connectivity index (χ4v) is 3.41. The molecule has 0 bridgehead atoms. The number of amides is 1. The molecule has 0 aliphatic rings. The van der Waals surface area contributed by atoms with Crippen LogP contribution in [0.15, 0.2) is 74.3 Å². The zero-order valence-corrected chi connectivity index (χ0v) is 18.2. The van der Waals surface area contributed by atoms with Crippen LogP contribution in [-0.4, -0.2) is 39.2 Å². The summed E-state index contributed by atoms with van der Waals surface area (Å²) in [5.74, 6) is 0.361. The van der Waals surface area contributed by atoms with Crippen molar-refractivity contribution in [2.45, 2.75) is 30.0 Å². The molecule has 0 aliphatic heterocycles. The van der Waals surface area contributed by atoms with Crippen LogP contribution in [0.25, 0.3) is 0 Å². The number of aromatic nitrogens is 3. The number of hydrazone groups is 1. The van der Waals surface area contributed by atoms with Gasteiger partial charge in [-0.2, -0.15) is 10.2 Å². The summed E-state index contributed by atoms with van der Waals surface area (Å²) < 4.78 is 5.76. The Kier molecular flexibility index (Phi) is 8.38. The second-order valence-electron chi connectivity index (χ2n) is 6.81. The molecule has 1 unspecified atom stereocenters. The first-order valence-electron chi connectivity index (χ1n) is 9.96. The van der Waals surface area contributed by atoms with E-state index in [9.17, 15) is 14.4 Å². The summed E-state index contributed by atoms with van der Waals surface area (Å²) >= 11 is 0.916. The molecular formula is C22H23N5O4S. The Balaban J connectivity index is 1.41. The van der Waals surface area contributed by atoms with Crippen LogP contribution in [-0.2, 0) is 11.2 Å². The normalized spacial score (nSPS) is 11.9. The van der Waals surface area contributed by atoms with Crippen LogP contribution in [0, 0.1) is 0 Å². The number of rotatable bonds is 10. The summed E-state index contributed by atoms with van der Waals surface area (Å²) in [6.45, 7) is 2.23. The van der Waals surface area contributed by atoms with Crippen molar-refractivity contribution in [1.29, 1.82) is 0 Å². The highest BCUT2D eigenvalue weighted by atomic mass is 32.2. The van der Waals surface area contributed by atoms with E-state index in [1.807, 2.05) is 42.5 Å². The van der Waals surface area contributed by atoms with E-state index >= 15 is 0 Å². The number of ether oxygens (including phenoxy) is 1. The number of nitrogens with zero attached hydrogens (tertiary/aromatic N) is 2. The number of hydrogen-bond donors (Lipinski definition) is 3. The third-order valence-corrected chi connectivity index (χ3v) is 5.40. The smallest absolute Gasteiger partial charge is 0.342 e. The molecule has 0 radical (unpaired) electrons. The largest absolute Gasteiger partial charge is 0.494 e. The summed E-state index contributed by atoms with van der Waals surface area (Å²) in [6.07, 6.45) is 3.41. The molecule has 0 aliphatic carbocycles. The van der Waals surface area contributed by atoms with Crippen LogP contribution < -0.4 is 21.4 Å². The van der Waals surface area contributed by atoms with E-state index in [1.165, 1.54) is 11.8 Å². The van der Waals surface area contributed by atoms with E-state index in [-0.39, 0.29) is 5.03 Å². The highest BCUT2D eigenvalue weighted by Crippen LogP contribution is 2.16. The third-order valence-electron chi connectivity index (χ3n) is 4.33. The molecule has 3 N–H and O–H groups in total. The lowest BCUT2D eigenvalue weighted by Gasteiger charge is -2.08. The van der Waals surface area contributed by atoms with Crippen LogP contribution >= 0.6 is 11.8 Å². The van der Waals surface area contributed by atoms with Crippen molar-refractivity contribution in [1.82, 2.24) is 20.6 Å². The van der Waals surface area contributed by atoms with Crippen LogP contribution in [0.5, 0.6) is 5.75 Å². The minimum absolute atomic E-state index is 0.00409. The molecule has 9 nitrogen and oxygen atoms in total. The van der Waals surface area contributed by atoms with Crippen LogP contribution in [0.4, 0.5) is 0 Å². The Hall–Kier alpha value is -3.66. The molecule has 166 valence electrons. The van der Waals surface area contributed by atoms with E-state index in [4.69, 9.17) is 4.74 Å². The van der Waals surface area contributed by atoms with Gasteiger partial charge in [-0.05, 0) is 55.2 Å². The van der Waals surface area contributed by atoms with Crippen LogP contribution in [0.1, 0.15) is 24.5 Å². The first-order valence-corrected chi connectivity index (χ1v) is 10.8. The second kappa shape index (κ2) is 11.7. The Bertz CT molecular complexity index is 1160. The lowest BCUT2D eigenvalue weighted by atomic mass is 10.1. The van der Waals surface area contributed by atoms with Gasteiger partial charge in [-0.1, -0.05) is 42.1 Å². The standard InChI is InChI=1S/C22H23N5O4S/c1-15(32-21-20(29)24-22(30)27-26-21)19(28)25-23-14-17-9-11-18(12-10-17)31-13-5-8-16-6-3-2-4-7-16/h2-4,6-7,9-12,14-15H,5,8,13H2,1H3,(H,25,28)(H2,24,27,29,30)/b23-14+. The highest BCUT2D eigenvalue weighted by Gasteiger charge is 2.16. The molecule has 0 spiro atoms. The number of carbonyl (C=O) groups excluding carboxylic acids is 1. The number of benzene rings is 2. The average Bonchev–Trinajstić information content (AvgIpc) is 2.80. The van der Waals surface area contributed by atoms with E-state index in [1.54, 1.807) is 6.92 Å². The van der Waals surface area contributed by atoms with Gasteiger partial charge in [0.1, 0.15) is 5.75 Å². The maximum absolute atomic E-state index is 12.1. The predicted octanol–water partition coefficient (Wildman–Crippen LogP) is 2.10. The van der Waals surface area contributed by atoms with Crippen molar-refractivity contribution >= 4 is 23.9 Å².